The number of nitrogens with one attached hydrogen (secondary N) is 2. The molecule has 0 aliphatic carbocycles. The Hall–Kier alpha value is -2.90. The van der Waals surface area contributed by atoms with E-state index in [0.717, 1.165) is 12.0 Å². The normalized spacial score (nSPS) is 13.6. The third-order valence-electron chi connectivity index (χ3n) is 3.97. The van der Waals surface area contributed by atoms with Crippen LogP contribution in [0.25, 0.3) is 0 Å². The quantitative estimate of drug-likeness (QED) is 0.702. The number of ether oxygens (including phenoxy) is 1. The molecule has 2 rings (SSSR count). The van der Waals surface area contributed by atoms with Gasteiger partial charge >= 0.3 is 12.0 Å². The Morgan fingerprint density at radius 3 is 2.70 bits per heavy atom. The lowest BCUT2D eigenvalue weighted by atomic mass is 10.1. The number of carbonyl (C=O) groups excluding carboxylic acids is 4. The summed E-state index contributed by atoms with van der Waals surface area (Å²) in [6.07, 6.45) is 1.40. The van der Waals surface area contributed by atoms with Crippen molar-refractivity contribution < 1.29 is 23.9 Å². The molecule has 1 heterocycles. The number of hydrogen-bond acceptors (Lipinski definition) is 5. The Kier molecular flexibility index (Phi) is 7.34. The standard InChI is InChI=1S/C19H25N3O5/c1-13(2)10-20-19(26)21-16(23)12-27-18(25)15-6-3-5-14(9-15)11-22-8-4-7-17(22)24/h3,5-6,9,13H,4,7-8,10-12H2,1-2H3,(H2,20,21,23,26). The fourth-order valence-corrected chi connectivity index (χ4v) is 2.61. The van der Waals surface area contributed by atoms with Crippen LogP contribution in [0.4, 0.5) is 4.79 Å². The molecule has 4 amide bonds. The first-order chi connectivity index (χ1) is 12.8. The number of urea groups is 1. The molecular formula is C19H25N3O5. The SMILES string of the molecule is CC(C)CNC(=O)NC(=O)COC(=O)c1cccc(CN2CCCC2=O)c1. The van der Waals surface area contributed by atoms with E-state index in [2.05, 4.69) is 10.6 Å². The van der Waals surface area contributed by atoms with Gasteiger partial charge in [-0.2, -0.15) is 0 Å². The first kappa shape index (κ1) is 20.4. The zero-order chi connectivity index (χ0) is 19.8. The lowest BCUT2D eigenvalue weighted by molar-refractivity contribution is -0.128. The highest BCUT2D eigenvalue weighted by molar-refractivity contribution is 5.97. The van der Waals surface area contributed by atoms with Gasteiger partial charge in [0.2, 0.25) is 5.91 Å². The highest BCUT2D eigenvalue weighted by Gasteiger charge is 2.20. The number of hydrogen-bond donors (Lipinski definition) is 2. The van der Waals surface area contributed by atoms with Gasteiger partial charge in [-0.05, 0) is 30.0 Å². The Bertz CT molecular complexity index is 717. The van der Waals surface area contributed by atoms with Crippen LogP contribution in [0.15, 0.2) is 24.3 Å². The average Bonchev–Trinajstić information content (AvgIpc) is 3.03. The van der Waals surface area contributed by atoms with Gasteiger partial charge in [0.05, 0.1) is 5.56 Å². The van der Waals surface area contributed by atoms with Gasteiger partial charge in [-0.25, -0.2) is 9.59 Å². The molecule has 1 aromatic rings. The molecule has 1 aromatic carbocycles. The molecule has 2 N–H and O–H groups in total. The summed E-state index contributed by atoms with van der Waals surface area (Å²) in [7, 11) is 0. The lowest BCUT2D eigenvalue weighted by Crippen LogP contribution is -2.42. The Labute approximate surface area is 158 Å². The van der Waals surface area contributed by atoms with Crippen LogP contribution in [0.1, 0.15) is 42.6 Å². The number of likely N-dealkylation sites (tertiary alicyclic amines) is 1. The molecule has 8 heteroatoms. The maximum Gasteiger partial charge on any atom is 0.338 e. The molecule has 0 spiro atoms. The third kappa shape index (κ3) is 6.73. The van der Waals surface area contributed by atoms with Crippen molar-refractivity contribution in [3.63, 3.8) is 0 Å². The Balaban J connectivity index is 1.81. The molecule has 0 saturated carbocycles. The topological polar surface area (TPSA) is 105 Å². The second kappa shape index (κ2) is 9.70. The van der Waals surface area contributed by atoms with Crippen molar-refractivity contribution in [1.29, 1.82) is 0 Å². The van der Waals surface area contributed by atoms with E-state index in [1.165, 1.54) is 0 Å². The lowest BCUT2D eigenvalue weighted by Gasteiger charge is -2.15. The summed E-state index contributed by atoms with van der Waals surface area (Å²) in [5, 5.41) is 4.63. The highest BCUT2D eigenvalue weighted by atomic mass is 16.5. The van der Waals surface area contributed by atoms with E-state index in [1.807, 2.05) is 19.9 Å². The number of carbonyl (C=O) groups is 4. The smallest absolute Gasteiger partial charge is 0.338 e. The van der Waals surface area contributed by atoms with Gasteiger partial charge in [0, 0.05) is 26.1 Å². The monoisotopic (exact) mass is 375 g/mol. The van der Waals surface area contributed by atoms with Crippen LogP contribution in [-0.2, 0) is 20.9 Å². The molecule has 1 fully saturated rings. The summed E-state index contributed by atoms with van der Waals surface area (Å²) in [5.74, 6) is -1.01. The van der Waals surface area contributed by atoms with Gasteiger partial charge < -0.3 is 15.0 Å². The molecule has 0 atom stereocenters. The summed E-state index contributed by atoms with van der Waals surface area (Å²) < 4.78 is 4.95. The van der Waals surface area contributed by atoms with Crippen molar-refractivity contribution in [2.24, 2.45) is 5.92 Å². The second-order valence-corrected chi connectivity index (χ2v) is 6.85. The van der Waals surface area contributed by atoms with E-state index in [4.69, 9.17) is 4.74 Å². The van der Waals surface area contributed by atoms with Crippen LogP contribution in [0.3, 0.4) is 0 Å². The zero-order valence-corrected chi connectivity index (χ0v) is 15.6. The van der Waals surface area contributed by atoms with E-state index in [1.54, 1.807) is 23.1 Å². The van der Waals surface area contributed by atoms with Gasteiger partial charge in [-0.3, -0.25) is 14.9 Å². The largest absolute Gasteiger partial charge is 0.452 e. The fraction of sp³-hybridized carbons (Fsp3) is 0.474. The van der Waals surface area contributed by atoms with Crippen LogP contribution in [0, 0.1) is 5.92 Å². The van der Waals surface area contributed by atoms with Gasteiger partial charge in [-0.1, -0.05) is 26.0 Å². The molecule has 0 radical (unpaired) electrons. The van der Waals surface area contributed by atoms with E-state index in [9.17, 15) is 19.2 Å². The van der Waals surface area contributed by atoms with Gasteiger partial charge in [0.1, 0.15) is 0 Å². The first-order valence-electron chi connectivity index (χ1n) is 8.96. The number of esters is 1. The van der Waals surface area contributed by atoms with Crippen LogP contribution < -0.4 is 10.6 Å². The third-order valence-corrected chi connectivity index (χ3v) is 3.97. The van der Waals surface area contributed by atoms with Crippen molar-refractivity contribution in [3.05, 3.63) is 35.4 Å². The average molecular weight is 375 g/mol. The van der Waals surface area contributed by atoms with Gasteiger partial charge in [0.15, 0.2) is 6.61 Å². The molecule has 1 saturated heterocycles. The van der Waals surface area contributed by atoms with Crippen molar-refractivity contribution >= 4 is 23.8 Å². The number of nitrogens with zero attached hydrogens (tertiary/aromatic N) is 1. The zero-order valence-electron chi connectivity index (χ0n) is 15.6. The fourth-order valence-electron chi connectivity index (χ4n) is 2.61. The molecule has 0 aromatic heterocycles. The first-order valence-corrected chi connectivity index (χ1v) is 8.96. The van der Waals surface area contributed by atoms with Gasteiger partial charge in [-0.15, -0.1) is 0 Å². The molecule has 0 unspecified atom stereocenters. The minimum atomic E-state index is -0.705. The second-order valence-electron chi connectivity index (χ2n) is 6.85. The van der Waals surface area contributed by atoms with E-state index in [0.29, 0.717) is 26.1 Å². The van der Waals surface area contributed by atoms with E-state index in [-0.39, 0.29) is 17.4 Å². The van der Waals surface area contributed by atoms with Crippen LogP contribution >= 0.6 is 0 Å². The number of benzene rings is 1. The van der Waals surface area contributed by atoms with E-state index >= 15 is 0 Å². The summed E-state index contributed by atoms with van der Waals surface area (Å²) in [6, 6.07) is 6.12. The summed E-state index contributed by atoms with van der Waals surface area (Å²) >= 11 is 0. The molecule has 8 nitrogen and oxygen atoms in total. The number of rotatable bonds is 7. The van der Waals surface area contributed by atoms with Crippen molar-refractivity contribution in [2.45, 2.75) is 33.2 Å². The Morgan fingerprint density at radius 1 is 1.26 bits per heavy atom. The summed E-state index contributed by atoms with van der Waals surface area (Å²) in [6.45, 7) is 4.90. The molecule has 1 aliphatic rings. The van der Waals surface area contributed by atoms with E-state index < -0.39 is 24.5 Å². The van der Waals surface area contributed by atoms with Crippen LogP contribution in [0.5, 0.6) is 0 Å². The number of imide groups is 1. The Morgan fingerprint density at radius 2 is 2.04 bits per heavy atom. The van der Waals surface area contributed by atoms with Crippen molar-refractivity contribution in [3.8, 4) is 0 Å². The summed E-state index contributed by atoms with van der Waals surface area (Å²) in [5.41, 5.74) is 1.11. The van der Waals surface area contributed by atoms with Crippen LogP contribution in [0.2, 0.25) is 0 Å². The molecule has 0 bridgehead atoms. The van der Waals surface area contributed by atoms with Crippen LogP contribution in [-0.4, -0.2) is 48.4 Å². The highest BCUT2D eigenvalue weighted by Crippen LogP contribution is 2.15. The van der Waals surface area contributed by atoms with Gasteiger partial charge in [0.25, 0.3) is 5.91 Å². The predicted octanol–water partition coefficient (Wildman–Crippen LogP) is 1.45. The van der Waals surface area contributed by atoms with Crippen molar-refractivity contribution in [1.82, 2.24) is 15.5 Å². The maximum absolute atomic E-state index is 12.1. The molecule has 1 aliphatic heterocycles. The molecule has 27 heavy (non-hydrogen) atoms. The minimum Gasteiger partial charge on any atom is -0.452 e. The number of amides is 4. The maximum atomic E-state index is 12.1. The van der Waals surface area contributed by atoms with Crippen molar-refractivity contribution in [2.75, 3.05) is 19.7 Å². The molecule has 146 valence electrons. The molecular weight excluding hydrogens is 350 g/mol. The summed E-state index contributed by atoms with van der Waals surface area (Å²) in [4.78, 5) is 48.7. The minimum absolute atomic E-state index is 0.107. The predicted molar refractivity (Wildman–Crippen MR) is 97.8 cm³/mol.